The summed E-state index contributed by atoms with van der Waals surface area (Å²) in [5.74, 6) is -0.829. The Morgan fingerprint density at radius 1 is 1.61 bits per heavy atom. The van der Waals surface area contributed by atoms with E-state index in [9.17, 15) is 14.9 Å². The zero-order valence-electron chi connectivity index (χ0n) is 9.30. The molecule has 1 rings (SSSR count). The highest BCUT2D eigenvalue weighted by atomic mass is 35.5. The van der Waals surface area contributed by atoms with Crippen molar-refractivity contribution in [2.45, 2.75) is 12.6 Å². The van der Waals surface area contributed by atoms with Crippen molar-refractivity contribution in [1.29, 1.82) is 0 Å². The molecule has 0 aliphatic carbocycles. The highest BCUT2D eigenvalue weighted by Gasteiger charge is 2.13. The lowest BCUT2D eigenvalue weighted by molar-refractivity contribution is -0.384. The minimum atomic E-state index is -1.28. The molecule has 7 nitrogen and oxygen atoms in total. The lowest BCUT2D eigenvalue weighted by Crippen LogP contribution is -2.37. The number of nitro groups is 1. The van der Waals surface area contributed by atoms with Crippen LogP contribution >= 0.6 is 11.6 Å². The van der Waals surface area contributed by atoms with Gasteiger partial charge in [-0.1, -0.05) is 17.7 Å². The summed E-state index contributed by atoms with van der Waals surface area (Å²) >= 11 is 5.65. The fourth-order valence-corrected chi connectivity index (χ4v) is 1.45. The Morgan fingerprint density at radius 2 is 2.28 bits per heavy atom. The predicted molar refractivity (Wildman–Crippen MR) is 65.0 cm³/mol. The number of carbonyl (C=O) groups is 1. The molecule has 0 radical (unpaired) electrons. The maximum absolute atomic E-state index is 10.6. The van der Waals surface area contributed by atoms with Crippen LogP contribution in [0.25, 0.3) is 0 Å². The van der Waals surface area contributed by atoms with Crippen molar-refractivity contribution in [3.63, 3.8) is 0 Å². The molecule has 1 unspecified atom stereocenters. The lowest BCUT2D eigenvalue weighted by atomic mass is 10.2. The molecule has 1 aromatic carbocycles. The number of halogens is 1. The normalized spacial score (nSPS) is 12.1. The molecule has 0 aliphatic rings. The standard InChI is InChI=1S/C10H12ClN3O4/c11-7-2-1-6(3-8(7)14(17)18)4-13-5-9(15)10(12)16/h1-3,9,13,15H,4-5H2,(H2,12,16). The average Bonchev–Trinajstić information content (AvgIpc) is 2.30. The molecular formula is C10H12ClN3O4. The van der Waals surface area contributed by atoms with Gasteiger partial charge in [0.2, 0.25) is 5.91 Å². The summed E-state index contributed by atoms with van der Waals surface area (Å²) < 4.78 is 0. The van der Waals surface area contributed by atoms with Gasteiger partial charge in [-0.2, -0.15) is 0 Å². The Hall–Kier alpha value is -1.70. The number of nitrogens with two attached hydrogens (primary N) is 1. The van der Waals surface area contributed by atoms with E-state index >= 15 is 0 Å². The smallest absolute Gasteiger partial charge is 0.288 e. The second-order valence-corrected chi connectivity index (χ2v) is 4.00. The van der Waals surface area contributed by atoms with Gasteiger partial charge < -0.3 is 16.2 Å². The van der Waals surface area contributed by atoms with Crippen LogP contribution in [0, 0.1) is 10.1 Å². The highest BCUT2D eigenvalue weighted by molar-refractivity contribution is 6.32. The van der Waals surface area contributed by atoms with E-state index in [4.69, 9.17) is 22.4 Å². The van der Waals surface area contributed by atoms with Gasteiger partial charge in [0.05, 0.1) is 4.92 Å². The molecule has 1 amide bonds. The Kier molecular flexibility index (Phi) is 5.02. The Labute approximate surface area is 108 Å². The first-order chi connectivity index (χ1) is 8.41. The van der Waals surface area contributed by atoms with E-state index in [1.165, 1.54) is 12.1 Å². The van der Waals surface area contributed by atoms with Gasteiger partial charge in [-0.25, -0.2) is 0 Å². The minimum Gasteiger partial charge on any atom is -0.382 e. The van der Waals surface area contributed by atoms with Crippen molar-refractivity contribution in [3.8, 4) is 0 Å². The van der Waals surface area contributed by atoms with Crippen LogP contribution in [-0.4, -0.2) is 28.6 Å². The largest absolute Gasteiger partial charge is 0.382 e. The molecule has 0 saturated carbocycles. The first-order valence-corrected chi connectivity index (χ1v) is 5.40. The summed E-state index contributed by atoms with van der Waals surface area (Å²) in [6.07, 6.45) is -1.28. The Balaban J connectivity index is 2.61. The molecule has 0 heterocycles. The van der Waals surface area contributed by atoms with Crippen molar-refractivity contribution in [2.24, 2.45) is 5.73 Å². The van der Waals surface area contributed by atoms with Gasteiger partial charge in [-0.15, -0.1) is 0 Å². The second kappa shape index (κ2) is 6.29. The van der Waals surface area contributed by atoms with Gasteiger partial charge in [0.1, 0.15) is 11.1 Å². The maximum atomic E-state index is 10.6. The SMILES string of the molecule is NC(=O)C(O)CNCc1ccc(Cl)c([N+](=O)[O-])c1. The molecule has 0 spiro atoms. The van der Waals surface area contributed by atoms with Crippen molar-refractivity contribution in [3.05, 3.63) is 38.9 Å². The molecule has 18 heavy (non-hydrogen) atoms. The summed E-state index contributed by atoms with van der Waals surface area (Å²) in [5.41, 5.74) is 5.29. The summed E-state index contributed by atoms with van der Waals surface area (Å²) in [5, 5.41) is 22.6. The van der Waals surface area contributed by atoms with Crippen LogP contribution in [0.4, 0.5) is 5.69 Å². The van der Waals surface area contributed by atoms with Crippen LogP contribution in [0.5, 0.6) is 0 Å². The number of amides is 1. The first-order valence-electron chi connectivity index (χ1n) is 5.02. The molecule has 0 bridgehead atoms. The molecular weight excluding hydrogens is 262 g/mol. The number of benzene rings is 1. The van der Waals surface area contributed by atoms with E-state index in [0.29, 0.717) is 5.56 Å². The molecule has 98 valence electrons. The second-order valence-electron chi connectivity index (χ2n) is 3.59. The zero-order chi connectivity index (χ0) is 13.7. The quantitative estimate of drug-likeness (QED) is 0.505. The van der Waals surface area contributed by atoms with Gasteiger partial charge in [-0.05, 0) is 11.6 Å². The lowest BCUT2D eigenvalue weighted by Gasteiger charge is -2.08. The Morgan fingerprint density at radius 3 is 2.83 bits per heavy atom. The molecule has 0 fully saturated rings. The van der Waals surface area contributed by atoms with E-state index in [1.807, 2.05) is 0 Å². The molecule has 4 N–H and O–H groups in total. The number of hydrogen-bond donors (Lipinski definition) is 3. The molecule has 1 atom stereocenters. The van der Waals surface area contributed by atoms with Gasteiger partial charge in [0.25, 0.3) is 5.69 Å². The van der Waals surface area contributed by atoms with E-state index in [1.54, 1.807) is 6.07 Å². The predicted octanol–water partition coefficient (Wildman–Crippen LogP) is 0.184. The fourth-order valence-electron chi connectivity index (χ4n) is 1.26. The molecule has 0 aromatic heterocycles. The molecule has 0 aliphatic heterocycles. The van der Waals surface area contributed by atoms with Crippen molar-refractivity contribution >= 4 is 23.2 Å². The minimum absolute atomic E-state index is 0.0221. The van der Waals surface area contributed by atoms with Gasteiger partial charge >= 0.3 is 0 Å². The van der Waals surface area contributed by atoms with Gasteiger partial charge in [0, 0.05) is 19.2 Å². The third-order valence-electron chi connectivity index (χ3n) is 2.20. The third-order valence-corrected chi connectivity index (χ3v) is 2.52. The number of nitrogens with zero attached hydrogens (tertiary/aromatic N) is 1. The highest BCUT2D eigenvalue weighted by Crippen LogP contribution is 2.24. The van der Waals surface area contributed by atoms with Crippen LogP contribution in [0.2, 0.25) is 5.02 Å². The molecule has 0 saturated heterocycles. The van der Waals surface area contributed by atoms with Crippen LogP contribution in [0.15, 0.2) is 18.2 Å². The summed E-state index contributed by atoms with van der Waals surface area (Å²) in [7, 11) is 0. The number of primary amides is 1. The summed E-state index contributed by atoms with van der Waals surface area (Å²) in [6, 6.07) is 4.35. The Bertz CT molecular complexity index is 466. The third kappa shape index (κ3) is 3.95. The number of aliphatic hydroxyl groups excluding tert-OH is 1. The van der Waals surface area contributed by atoms with Crippen LogP contribution in [0.3, 0.4) is 0 Å². The number of nitrogens with one attached hydrogen (secondary N) is 1. The number of hydrogen-bond acceptors (Lipinski definition) is 5. The zero-order valence-corrected chi connectivity index (χ0v) is 10.1. The summed E-state index contributed by atoms with van der Waals surface area (Å²) in [4.78, 5) is 20.6. The van der Waals surface area contributed by atoms with Crippen LogP contribution < -0.4 is 11.1 Å². The molecule has 8 heteroatoms. The fraction of sp³-hybridized carbons (Fsp3) is 0.300. The van der Waals surface area contributed by atoms with Crippen molar-refractivity contribution in [2.75, 3.05) is 6.54 Å². The van der Waals surface area contributed by atoms with E-state index in [-0.39, 0.29) is 23.8 Å². The maximum Gasteiger partial charge on any atom is 0.288 e. The van der Waals surface area contributed by atoms with E-state index in [2.05, 4.69) is 5.32 Å². The average molecular weight is 274 g/mol. The van der Waals surface area contributed by atoms with Gasteiger partial charge in [-0.3, -0.25) is 14.9 Å². The topological polar surface area (TPSA) is 118 Å². The monoisotopic (exact) mass is 273 g/mol. The number of nitro benzene ring substituents is 1. The van der Waals surface area contributed by atoms with Crippen molar-refractivity contribution < 1.29 is 14.8 Å². The van der Waals surface area contributed by atoms with E-state index < -0.39 is 16.9 Å². The van der Waals surface area contributed by atoms with Crippen LogP contribution in [0.1, 0.15) is 5.56 Å². The number of aliphatic hydroxyl groups is 1. The van der Waals surface area contributed by atoms with Crippen LogP contribution in [-0.2, 0) is 11.3 Å². The van der Waals surface area contributed by atoms with E-state index in [0.717, 1.165) is 0 Å². The van der Waals surface area contributed by atoms with Gasteiger partial charge in [0.15, 0.2) is 0 Å². The van der Waals surface area contributed by atoms with Crippen molar-refractivity contribution in [1.82, 2.24) is 5.32 Å². The summed E-state index contributed by atoms with van der Waals surface area (Å²) in [6.45, 7) is 0.230. The number of rotatable bonds is 6. The first kappa shape index (κ1) is 14.4. The number of carbonyl (C=O) groups excluding carboxylic acids is 1. The molecule has 1 aromatic rings.